The highest BCUT2D eigenvalue weighted by atomic mass is 32.1. The van der Waals surface area contributed by atoms with E-state index < -0.39 is 5.60 Å². The molecule has 0 spiro atoms. The maximum Gasteiger partial charge on any atom is 0.150 e. The monoisotopic (exact) mass is 236 g/mol. The zero-order valence-electron chi connectivity index (χ0n) is 9.55. The summed E-state index contributed by atoms with van der Waals surface area (Å²) in [4.78, 5) is 5.48. The summed E-state index contributed by atoms with van der Waals surface area (Å²) in [5, 5.41) is 12.1. The molecule has 16 heavy (non-hydrogen) atoms. The van der Waals surface area contributed by atoms with Crippen molar-refractivity contribution in [3.63, 3.8) is 0 Å². The van der Waals surface area contributed by atoms with Crippen LogP contribution < -0.4 is 0 Å². The number of hydrogen-bond donors (Lipinski definition) is 1. The third-order valence-electron chi connectivity index (χ3n) is 2.73. The van der Waals surface area contributed by atoms with Crippen LogP contribution in [0.25, 0.3) is 10.7 Å². The highest BCUT2D eigenvalue weighted by molar-refractivity contribution is 7.13. The number of aromatic nitrogens is 2. The van der Waals surface area contributed by atoms with Gasteiger partial charge >= 0.3 is 0 Å². The van der Waals surface area contributed by atoms with Crippen LogP contribution in [0.15, 0.2) is 29.9 Å². The lowest BCUT2D eigenvalue weighted by Gasteiger charge is -2.22. The molecule has 0 fully saturated rings. The molecule has 2 rings (SSSR count). The zero-order chi connectivity index (χ0) is 11.6. The average Bonchev–Trinajstić information content (AvgIpc) is 2.86. The van der Waals surface area contributed by atoms with Crippen molar-refractivity contribution >= 4 is 11.3 Å². The molecule has 0 bridgehead atoms. The summed E-state index contributed by atoms with van der Waals surface area (Å²) >= 11 is 1.66. The van der Waals surface area contributed by atoms with Crippen molar-refractivity contribution < 1.29 is 5.11 Å². The lowest BCUT2D eigenvalue weighted by molar-refractivity contribution is 0.0384. The van der Waals surface area contributed by atoms with E-state index in [-0.39, 0.29) is 0 Å². The third-order valence-corrected chi connectivity index (χ3v) is 3.60. The molecule has 0 aliphatic heterocycles. The van der Waals surface area contributed by atoms with E-state index >= 15 is 0 Å². The number of nitrogens with zero attached hydrogens (tertiary/aromatic N) is 2. The molecule has 2 aromatic heterocycles. The van der Waals surface area contributed by atoms with Crippen LogP contribution in [0.5, 0.6) is 0 Å². The predicted octanol–water partition coefficient (Wildman–Crippen LogP) is 2.77. The fourth-order valence-corrected chi connectivity index (χ4v) is 2.28. The molecule has 0 radical (unpaired) electrons. The van der Waals surface area contributed by atoms with Gasteiger partial charge in [-0.15, -0.1) is 11.3 Å². The lowest BCUT2D eigenvalue weighted by Crippen LogP contribution is -2.29. The molecular weight excluding hydrogens is 220 g/mol. The quantitative estimate of drug-likeness (QED) is 0.886. The van der Waals surface area contributed by atoms with Gasteiger partial charge < -0.3 is 9.67 Å². The first-order chi connectivity index (χ1) is 7.62. The van der Waals surface area contributed by atoms with Gasteiger partial charge in [0.05, 0.1) is 17.0 Å². The van der Waals surface area contributed by atoms with Crippen molar-refractivity contribution in [3.8, 4) is 10.7 Å². The second-order valence-corrected chi connectivity index (χ2v) is 5.15. The number of rotatable bonds is 4. The molecule has 0 amide bonds. The first-order valence-corrected chi connectivity index (χ1v) is 6.28. The molecule has 2 aromatic rings. The van der Waals surface area contributed by atoms with E-state index in [1.54, 1.807) is 17.5 Å². The van der Waals surface area contributed by atoms with Crippen LogP contribution in [-0.2, 0) is 6.54 Å². The first kappa shape index (κ1) is 11.4. The standard InChI is InChI=1S/C12H16N2OS/c1-3-12(2,15)9-14-7-6-13-11(14)10-5-4-8-16-10/h4-8,15H,3,9H2,1-2H3. The summed E-state index contributed by atoms with van der Waals surface area (Å²) in [6.07, 6.45) is 4.43. The molecule has 0 aromatic carbocycles. The van der Waals surface area contributed by atoms with Crippen molar-refractivity contribution in [2.75, 3.05) is 0 Å². The third kappa shape index (κ3) is 2.33. The lowest BCUT2D eigenvalue weighted by atomic mass is 10.0. The summed E-state index contributed by atoms with van der Waals surface area (Å²) in [5.74, 6) is 0.934. The summed E-state index contributed by atoms with van der Waals surface area (Å²) < 4.78 is 2.01. The Kier molecular flexibility index (Phi) is 3.12. The largest absolute Gasteiger partial charge is 0.388 e. The highest BCUT2D eigenvalue weighted by Gasteiger charge is 2.20. The van der Waals surface area contributed by atoms with Crippen LogP contribution in [0.4, 0.5) is 0 Å². The van der Waals surface area contributed by atoms with Crippen molar-refractivity contribution in [2.24, 2.45) is 0 Å². The summed E-state index contributed by atoms with van der Waals surface area (Å²) in [5.41, 5.74) is -0.674. The molecular formula is C12H16N2OS. The van der Waals surface area contributed by atoms with E-state index in [0.29, 0.717) is 6.54 Å². The van der Waals surface area contributed by atoms with Crippen LogP contribution in [0, 0.1) is 0 Å². The normalized spacial score (nSPS) is 14.9. The van der Waals surface area contributed by atoms with Gasteiger partial charge in [0.25, 0.3) is 0 Å². The van der Waals surface area contributed by atoms with E-state index in [1.807, 2.05) is 42.1 Å². The number of aliphatic hydroxyl groups is 1. The molecule has 1 unspecified atom stereocenters. The van der Waals surface area contributed by atoms with E-state index in [9.17, 15) is 5.11 Å². The Morgan fingerprint density at radius 1 is 1.56 bits per heavy atom. The molecule has 3 nitrogen and oxygen atoms in total. The molecule has 1 N–H and O–H groups in total. The molecule has 2 heterocycles. The fraction of sp³-hybridized carbons (Fsp3) is 0.417. The minimum Gasteiger partial charge on any atom is -0.388 e. The SMILES string of the molecule is CCC(C)(O)Cn1ccnc1-c1cccs1. The molecule has 0 saturated carbocycles. The minimum absolute atomic E-state index is 0.580. The second kappa shape index (κ2) is 4.39. The summed E-state index contributed by atoms with van der Waals surface area (Å²) in [7, 11) is 0. The van der Waals surface area contributed by atoms with Gasteiger partial charge in [-0.3, -0.25) is 0 Å². The Balaban J connectivity index is 2.27. The Morgan fingerprint density at radius 3 is 3.00 bits per heavy atom. The number of hydrogen-bond acceptors (Lipinski definition) is 3. The number of imidazole rings is 1. The van der Waals surface area contributed by atoms with Gasteiger partial charge in [0.2, 0.25) is 0 Å². The molecule has 1 atom stereocenters. The van der Waals surface area contributed by atoms with Crippen molar-refractivity contribution in [3.05, 3.63) is 29.9 Å². The average molecular weight is 236 g/mol. The van der Waals surface area contributed by atoms with Crippen LogP contribution in [-0.4, -0.2) is 20.3 Å². The fourth-order valence-electron chi connectivity index (χ4n) is 1.55. The Hall–Kier alpha value is -1.13. The first-order valence-electron chi connectivity index (χ1n) is 5.40. The van der Waals surface area contributed by atoms with Gasteiger partial charge in [-0.1, -0.05) is 13.0 Å². The van der Waals surface area contributed by atoms with Crippen LogP contribution in [0.2, 0.25) is 0 Å². The van der Waals surface area contributed by atoms with Crippen molar-refractivity contribution in [2.45, 2.75) is 32.4 Å². The van der Waals surface area contributed by atoms with Gasteiger partial charge in [0, 0.05) is 12.4 Å². The van der Waals surface area contributed by atoms with Gasteiger partial charge in [0.15, 0.2) is 0 Å². The molecule has 4 heteroatoms. The maximum absolute atomic E-state index is 10.1. The smallest absolute Gasteiger partial charge is 0.150 e. The van der Waals surface area contributed by atoms with E-state index in [2.05, 4.69) is 4.98 Å². The van der Waals surface area contributed by atoms with Crippen molar-refractivity contribution in [1.82, 2.24) is 9.55 Å². The molecule has 0 saturated heterocycles. The van der Waals surface area contributed by atoms with Crippen LogP contribution in [0.3, 0.4) is 0 Å². The molecule has 0 aliphatic carbocycles. The summed E-state index contributed by atoms with van der Waals surface area (Å²) in [6.45, 7) is 4.42. The van der Waals surface area contributed by atoms with E-state index in [4.69, 9.17) is 0 Å². The van der Waals surface area contributed by atoms with Gasteiger partial charge in [-0.05, 0) is 24.8 Å². The number of thiophene rings is 1. The Labute approximate surface area is 99.4 Å². The molecule has 0 aliphatic rings. The second-order valence-electron chi connectivity index (χ2n) is 4.21. The van der Waals surface area contributed by atoms with Crippen LogP contribution >= 0.6 is 11.3 Å². The Morgan fingerprint density at radius 2 is 2.38 bits per heavy atom. The van der Waals surface area contributed by atoms with Gasteiger partial charge in [-0.25, -0.2) is 4.98 Å². The molecule has 86 valence electrons. The topological polar surface area (TPSA) is 38.0 Å². The maximum atomic E-state index is 10.1. The Bertz CT molecular complexity index is 445. The van der Waals surface area contributed by atoms with Gasteiger partial charge in [-0.2, -0.15) is 0 Å². The van der Waals surface area contributed by atoms with Gasteiger partial charge in [0.1, 0.15) is 5.82 Å². The highest BCUT2D eigenvalue weighted by Crippen LogP contribution is 2.24. The predicted molar refractivity (Wildman–Crippen MR) is 66.5 cm³/mol. The van der Waals surface area contributed by atoms with E-state index in [0.717, 1.165) is 17.1 Å². The van der Waals surface area contributed by atoms with Crippen molar-refractivity contribution in [1.29, 1.82) is 0 Å². The minimum atomic E-state index is -0.674. The van der Waals surface area contributed by atoms with E-state index in [1.165, 1.54) is 0 Å². The van der Waals surface area contributed by atoms with Crippen LogP contribution in [0.1, 0.15) is 20.3 Å². The summed E-state index contributed by atoms with van der Waals surface area (Å²) in [6, 6.07) is 4.06. The zero-order valence-corrected chi connectivity index (χ0v) is 10.4.